The summed E-state index contributed by atoms with van der Waals surface area (Å²) in [6, 6.07) is 6.18. The summed E-state index contributed by atoms with van der Waals surface area (Å²) in [5.41, 5.74) is 1.09. The molecular formula is C14H19BrN2O. The van der Waals surface area contributed by atoms with Crippen molar-refractivity contribution < 1.29 is 5.11 Å². The minimum Gasteiger partial charge on any atom is -0.508 e. The standard InChI is InChI=1S/C14H19BrN2O/c15-11-3-4-13(18)12(9-11)14(10-1-2-10)17-7-5-16-6-8-17/h3-4,9-10,14,16,18H,1-2,5-8H2/t14-/m1/s1. The van der Waals surface area contributed by atoms with Gasteiger partial charge in [0.05, 0.1) is 0 Å². The number of nitrogens with zero attached hydrogens (tertiary/aromatic N) is 1. The van der Waals surface area contributed by atoms with Crippen LogP contribution in [0.25, 0.3) is 0 Å². The summed E-state index contributed by atoms with van der Waals surface area (Å²) in [6.45, 7) is 4.26. The number of hydrogen-bond acceptors (Lipinski definition) is 3. The van der Waals surface area contributed by atoms with Crippen LogP contribution in [-0.4, -0.2) is 36.2 Å². The van der Waals surface area contributed by atoms with Crippen LogP contribution in [0, 0.1) is 5.92 Å². The van der Waals surface area contributed by atoms with E-state index in [1.807, 2.05) is 6.07 Å². The first-order valence-electron chi connectivity index (χ1n) is 6.69. The van der Waals surface area contributed by atoms with Crippen molar-refractivity contribution in [1.82, 2.24) is 10.2 Å². The third-order valence-electron chi connectivity index (χ3n) is 3.92. The molecule has 1 aromatic carbocycles. The lowest BCUT2D eigenvalue weighted by Crippen LogP contribution is -2.45. The molecule has 0 spiro atoms. The largest absolute Gasteiger partial charge is 0.508 e. The molecular weight excluding hydrogens is 292 g/mol. The van der Waals surface area contributed by atoms with Crippen LogP contribution in [0.1, 0.15) is 24.4 Å². The van der Waals surface area contributed by atoms with Gasteiger partial charge in [0, 0.05) is 42.3 Å². The number of piperazine rings is 1. The fraction of sp³-hybridized carbons (Fsp3) is 0.571. The van der Waals surface area contributed by atoms with Gasteiger partial charge in [-0.3, -0.25) is 4.90 Å². The Morgan fingerprint density at radius 1 is 1.28 bits per heavy atom. The quantitative estimate of drug-likeness (QED) is 0.900. The number of aromatic hydroxyl groups is 1. The van der Waals surface area contributed by atoms with Crippen molar-refractivity contribution in [2.24, 2.45) is 5.92 Å². The maximum Gasteiger partial charge on any atom is 0.120 e. The van der Waals surface area contributed by atoms with Gasteiger partial charge in [-0.05, 0) is 37.0 Å². The minimum atomic E-state index is 0.393. The van der Waals surface area contributed by atoms with Gasteiger partial charge in [0.25, 0.3) is 0 Å². The number of hydrogen-bond donors (Lipinski definition) is 2. The first kappa shape index (κ1) is 12.5. The molecule has 0 amide bonds. The van der Waals surface area contributed by atoms with Crippen LogP contribution in [0.2, 0.25) is 0 Å². The second-order valence-corrected chi connectivity index (χ2v) is 6.19. The highest BCUT2D eigenvalue weighted by Gasteiger charge is 2.38. The fourth-order valence-electron chi connectivity index (χ4n) is 2.88. The molecule has 0 bridgehead atoms. The lowest BCUT2D eigenvalue weighted by atomic mass is 9.99. The van der Waals surface area contributed by atoms with Crippen molar-refractivity contribution in [1.29, 1.82) is 0 Å². The molecule has 1 atom stereocenters. The van der Waals surface area contributed by atoms with Crippen LogP contribution in [0.3, 0.4) is 0 Å². The van der Waals surface area contributed by atoms with Crippen molar-refractivity contribution in [3.8, 4) is 5.75 Å². The molecule has 1 aliphatic heterocycles. The van der Waals surface area contributed by atoms with Gasteiger partial charge in [-0.15, -0.1) is 0 Å². The zero-order valence-electron chi connectivity index (χ0n) is 10.4. The predicted molar refractivity (Wildman–Crippen MR) is 75.7 cm³/mol. The molecule has 18 heavy (non-hydrogen) atoms. The molecule has 98 valence electrons. The van der Waals surface area contributed by atoms with E-state index in [1.165, 1.54) is 12.8 Å². The number of phenolic OH excluding ortho intramolecular Hbond substituents is 1. The SMILES string of the molecule is Oc1ccc(Br)cc1[C@@H](C1CC1)N1CCNCC1. The molecule has 1 aromatic rings. The number of halogens is 1. The lowest BCUT2D eigenvalue weighted by molar-refractivity contribution is 0.153. The zero-order valence-corrected chi connectivity index (χ0v) is 12.0. The summed E-state index contributed by atoms with van der Waals surface area (Å²) in [5.74, 6) is 1.16. The van der Waals surface area contributed by atoms with Crippen LogP contribution >= 0.6 is 15.9 Å². The number of benzene rings is 1. The summed E-state index contributed by atoms with van der Waals surface area (Å²) < 4.78 is 1.05. The minimum absolute atomic E-state index is 0.393. The van der Waals surface area contributed by atoms with Gasteiger partial charge in [-0.25, -0.2) is 0 Å². The van der Waals surface area contributed by atoms with Gasteiger partial charge < -0.3 is 10.4 Å². The molecule has 3 nitrogen and oxygen atoms in total. The molecule has 2 fully saturated rings. The van der Waals surface area contributed by atoms with Crippen LogP contribution in [0.5, 0.6) is 5.75 Å². The molecule has 2 N–H and O–H groups in total. The highest BCUT2D eigenvalue weighted by Crippen LogP contribution is 2.47. The Hall–Kier alpha value is -0.580. The van der Waals surface area contributed by atoms with Gasteiger partial charge in [0.15, 0.2) is 0 Å². The predicted octanol–water partition coefficient (Wildman–Crippen LogP) is 2.51. The Morgan fingerprint density at radius 2 is 2.00 bits per heavy atom. The van der Waals surface area contributed by atoms with Crippen molar-refractivity contribution in [2.45, 2.75) is 18.9 Å². The zero-order chi connectivity index (χ0) is 12.5. The first-order valence-corrected chi connectivity index (χ1v) is 7.48. The topological polar surface area (TPSA) is 35.5 Å². The average molecular weight is 311 g/mol. The summed E-state index contributed by atoms with van der Waals surface area (Å²) in [6.07, 6.45) is 2.58. The lowest BCUT2D eigenvalue weighted by Gasteiger charge is -2.35. The van der Waals surface area contributed by atoms with Gasteiger partial charge in [-0.2, -0.15) is 0 Å². The van der Waals surface area contributed by atoms with Crippen molar-refractivity contribution in [3.63, 3.8) is 0 Å². The number of phenols is 1. The molecule has 1 saturated heterocycles. The van der Waals surface area contributed by atoms with E-state index >= 15 is 0 Å². The molecule has 1 saturated carbocycles. The van der Waals surface area contributed by atoms with E-state index in [0.29, 0.717) is 11.8 Å². The van der Waals surface area contributed by atoms with E-state index in [9.17, 15) is 5.11 Å². The summed E-state index contributed by atoms with van der Waals surface area (Å²) in [5, 5.41) is 13.5. The highest BCUT2D eigenvalue weighted by molar-refractivity contribution is 9.10. The summed E-state index contributed by atoms with van der Waals surface area (Å²) in [7, 11) is 0. The molecule has 1 heterocycles. The maximum atomic E-state index is 10.1. The maximum absolute atomic E-state index is 10.1. The molecule has 3 rings (SSSR count). The Balaban J connectivity index is 1.90. The summed E-state index contributed by atoms with van der Waals surface area (Å²) >= 11 is 3.52. The van der Waals surface area contributed by atoms with E-state index in [4.69, 9.17) is 0 Å². The second-order valence-electron chi connectivity index (χ2n) is 5.27. The van der Waals surface area contributed by atoms with Gasteiger partial charge >= 0.3 is 0 Å². The first-order chi connectivity index (χ1) is 8.75. The van der Waals surface area contributed by atoms with Crippen molar-refractivity contribution in [2.75, 3.05) is 26.2 Å². The third kappa shape index (κ3) is 2.56. The van der Waals surface area contributed by atoms with Crippen molar-refractivity contribution >= 4 is 15.9 Å². The molecule has 0 unspecified atom stereocenters. The van der Waals surface area contributed by atoms with E-state index in [0.717, 1.165) is 42.1 Å². The molecule has 0 aromatic heterocycles. The number of nitrogens with one attached hydrogen (secondary N) is 1. The Bertz CT molecular complexity index is 428. The van der Waals surface area contributed by atoms with Gasteiger partial charge in [0.1, 0.15) is 5.75 Å². The molecule has 2 aliphatic rings. The third-order valence-corrected chi connectivity index (χ3v) is 4.41. The van der Waals surface area contributed by atoms with Gasteiger partial charge in [-0.1, -0.05) is 15.9 Å². The Kier molecular flexibility index (Phi) is 3.59. The Labute approximate surface area is 116 Å². The van der Waals surface area contributed by atoms with Crippen LogP contribution < -0.4 is 5.32 Å². The summed E-state index contributed by atoms with van der Waals surface area (Å²) in [4.78, 5) is 2.52. The average Bonchev–Trinajstić information content (AvgIpc) is 3.20. The van der Waals surface area contributed by atoms with Crippen LogP contribution in [0.4, 0.5) is 0 Å². The molecule has 1 aliphatic carbocycles. The fourth-order valence-corrected chi connectivity index (χ4v) is 3.26. The van der Waals surface area contributed by atoms with Gasteiger partial charge in [0.2, 0.25) is 0 Å². The number of rotatable bonds is 3. The van der Waals surface area contributed by atoms with E-state index < -0.39 is 0 Å². The van der Waals surface area contributed by atoms with Crippen LogP contribution in [0.15, 0.2) is 22.7 Å². The Morgan fingerprint density at radius 3 is 2.67 bits per heavy atom. The van der Waals surface area contributed by atoms with E-state index in [-0.39, 0.29) is 0 Å². The second kappa shape index (κ2) is 5.19. The smallest absolute Gasteiger partial charge is 0.120 e. The van der Waals surface area contributed by atoms with Crippen molar-refractivity contribution in [3.05, 3.63) is 28.2 Å². The highest BCUT2D eigenvalue weighted by atomic mass is 79.9. The van der Waals surface area contributed by atoms with E-state index in [2.05, 4.69) is 32.2 Å². The molecule has 0 radical (unpaired) electrons. The normalized spacial score (nSPS) is 22.9. The molecule has 4 heteroatoms. The monoisotopic (exact) mass is 310 g/mol. The van der Waals surface area contributed by atoms with E-state index in [1.54, 1.807) is 6.07 Å². The van der Waals surface area contributed by atoms with Crippen LogP contribution in [-0.2, 0) is 0 Å².